The van der Waals surface area contributed by atoms with Gasteiger partial charge < -0.3 is 10.6 Å². The Labute approximate surface area is 102 Å². The SMILES string of the molecule is Cc1ncc(N)cc1C(=O)N1CC(C)C(C)C1. The Hall–Kier alpha value is -1.58. The first-order chi connectivity index (χ1) is 7.99. The molecule has 0 aliphatic carbocycles. The minimum absolute atomic E-state index is 0.0542. The fourth-order valence-corrected chi connectivity index (χ4v) is 2.23. The Balaban J connectivity index is 2.23. The molecule has 0 saturated carbocycles. The van der Waals surface area contributed by atoms with E-state index in [1.54, 1.807) is 12.3 Å². The highest BCUT2D eigenvalue weighted by molar-refractivity contribution is 5.96. The number of carbonyl (C=O) groups excluding carboxylic acids is 1. The van der Waals surface area contributed by atoms with Crippen molar-refractivity contribution in [1.82, 2.24) is 9.88 Å². The number of aromatic nitrogens is 1. The molecule has 2 atom stereocenters. The average Bonchev–Trinajstić information content (AvgIpc) is 2.62. The van der Waals surface area contributed by atoms with Crippen LogP contribution >= 0.6 is 0 Å². The molecule has 1 aromatic heterocycles. The summed E-state index contributed by atoms with van der Waals surface area (Å²) in [5, 5.41) is 0. The second kappa shape index (κ2) is 4.35. The van der Waals surface area contributed by atoms with Gasteiger partial charge in [0.05, 0.1) is 23.1 Å². The number of nitrogens with two attached hydrogens (primary N) is 1. The highest BCUT2D eigenvalue weighted by Crippen LogP contribution is 2.24. The highest BCUT2D eigenvalue weighted by Gasteiger charge is 2.30. The molecule has 0 bridgehead atoms. The van der Waals surface area contributed by atoms with Gasteiger partial charge in [-0.05, 0) is 24.8 Å². The largest absolute Gasteiger partial charge is 0.397 e. The van der Waals surface area contributed by atoms with Gasteiger partial charge in [0, 0.05) is 13.1 Å². The van der Waals surface area contributed by atoms with E-state index in [9.17, 15) is 4.79 Å². The smallest absolute Gasteiger partial charge is 0.255 e. The Morgan fingerprint density at radius 2 is 2.00 bits per heavy atom. The molecule has 1 fully saturated rings. The topological polar surface area (TPSA) is 59.2 Å². The summed E-state index contributed by atoms with van der Waals surface area (Å²) in [4.78, 5) is 18.4. The molecule has 2 rings (SSSR count). The predicted octanol–water partition coefficient (Wildman–Crippen LogP) is 1.70. The van der Waals surface area contributed by atoms with Crippen LogP contribution in [0.1, 0.15) is 29.9 Å². The maximum Gasteiger partial charge on any atom is 0.255 e. The Morgan fingerprint density at radius 3 is 2.59 bits per heavy atom. The molecule has 17 heavy (non-hydrogen) atoms. The molecule has 4 nitrogen and oxygen atoms in total. The molecule has 1 aliphatic rings. The van der Waals surface area contributed by atoms with Crippen molar-refractivity contribution in [3.63, 3.8) is 0 Å². The maximum absolute atomic E-state index is 12.3. The van der Waals surface area contributed by atoms with E-state index in [4.69, 9.17) is 5.73 Å². The van der Waals surface area contributed by atoms with Crippen LogP contribution in [0.2, 0.25) is 0 Å². The van der Waals surface area contributed by atoms with Crippen molar-refractivity contribution in [2.75, 3.05) is 18.8 Å². The summed E-state index contributed by atoms with van der Waals surface area (Å²) in [6.07, 6.45) is 1.58. The molecule has 2 unspecified atom stereocenters. The molecule has 0 radical (unpaired) electrons. The van der Waals surface area contributed by atoms with Crippen molar-refractivity contribution in [2.45, 2.75) is 20.8 Å². The van der Waals surface area contributed by atoms with Gasteiger partial charge >= 0.3 is 0 Å². The third kappa shape index (κ3) is 2.25. The predicted molar refractivity (Wildman–Crippen MR) is 67.6 cm³/mol. The minimum Gasteiger partial charge on any atom is -0.397 e. The molecule has 1 aliphatic heterocycles. The van der Waals surface area contributed by atoms with Crippen molar-refractivity contribution in [3.8, 4) is 0 Å². The van der Waals surface area contributed by atoms with Gasteiger partial charge in [-0.1, -0.05) is 13.8 Å². The van der Waals surface area contributed by atoms with Gasteiger partial charge in [-0.25, -0.2) is 0 Å². The van der Waals surface area contributed by atoms with E-state index in [1.165, 1.54) is 0 Å². The fourth-order valence-electron chi connectivity index (χ4n) is 2.23. The van der Waals surface area contributed by atoms with Gasteiger partial charge in [-0.15, -0.1) is 0 Å². The molecular formula is C13H19N3O. The van der Waals surface area contributed by atoms with E-state index < -0.39 is 0 Å². The van der Waals surface area contributed by atoms with Crippen LogP contribution in [0.4, 0.5) is 5.69 Å². The van der Waals surface area contributed by atoms with Crippen LogP contribution in [0.25, 0.3) is 0 Å². The summed E-state index contributed by atoms with van der Waals surface area (Å²) in [5.41, 5.74) is 7.60. The van der Waals surface area contributed by atoms with Crippen molar-refractivity contribution in [3.05, 3.63) is 23.5 Å². The number of pyridine rings is 1. The first-order valence-corrected chi connectivity index (χ1v) is 6.00. The van der Waals surface area contributed by atoms with Crippen molar-refractivity contribution in [1.29, 1.82) is 0 Å². The third-order valence-corrected chi connectivity index (χ3v) is 3.61. The average molecular weight is 233 g/mol. The summed E-state index contributed by atoms with van der Waals surface area (Å²) in [6, 6.07) is 1.72. The summed E-state index contributed by atoms with van der Waals surface area (Å²) < 4.78 is 0. The van der Waals surface area contributed by atoms with Crippen molar-refractivity contribution in [2.24, 2.45) is 11.8 Å². The summed E-state index contributed by atoms with van der Waals surface area (Å²) in [5.74, 6) is 1.18. The van der Waals surface area contributed by atoms with E-state index >= 15 is 0 Å². The number of hydrogen-bond donors (Lipinski definition) is 1. The normalized spacial score (nSPS) is 24.1. The Bertz CT molecular complexity index is 434. The molecule has 0 aromatic carbocycles. The standard InChI is InChI=1S/C13H19N3O/c1-8-6-16(7-9(8)2)13(17)12-4-11(14)5-15-10(12)3/h4-5,8-9H,6-7,14H2,1-3H3. The lowest BCUT2D eigenvalue weighted by molar-refractivity contribution is 0.0784. The number of rotatable bonds is 1. The van der Waals surface area contributed by atoms with Gasteiger partial charge in [0.25, 0.3) is 5.91 Å². The van der Waals surface area contributed by atoms with Crippen LogP contribution in [0.3, 0.4) is 0 Å². The second-order valence-corrected chi connectivity index (χ2v) is 5.07. The number of anilines is 1. The lowest BCUT2D eigenvalue weighted by Crippen LogP contribution is -2.29. The third-order valence-electron chi connectivity index (χ3n) is 3.61. The number of nitrogens with zero attached hydrogens (tertiary/aromatic N) is 2. The summed E-state index contributed by atoms with van der Waals surface area (Å²) in [7, 11) is 0. The molecule has 2 N–H and O–H groups in total. The molecule has 4 heteroatoms. The van der Waals surface area contributed by atoms with Crippen molar-refractivity contribution >= 4 is 11.6 Å². The lowest BCUT2D eigenvalue weighted by atomic mass is 10.0. The molecule has 1 saturated heterocycles. The fraction of sp³-hybridized carbons (Fsp3) is 0.538. The molecule has 2 heterocycles. The second-order valence-electron chi connectivity index (χ2n) is 5.07. The zero-order chi connectivity index (χ0) is 12.6. The number of aryl methyl sites for hydroxylation is 1. The molecular weight excluding hydrogens is 214 g/mol. The van der Waals surface area contributed by atoms with Gasteiger partial charge in [-0.3, -0.25) is 9.78 Å². The van der Waals surface area contributed by atoms with Crippen LogP contribution < -0.4 is 5.73 Å². The highest BCUT2D eigenvalue weighted by atomic mass is 16.2. The maximum atomic E-state index is 12.3. The monoisotopic (exact) mass is 233 g/mol. The van der Waals surface area contributed by atoms with Gasteiger partial charge in [-0.2, -0.15) is 0 Å². The van der Waals surface area contributed by atoms with E-state index in [0.717, 1.165) is 18.8 Å². The first-order valence-electron chi connectivity index (χ1n) is 6.00. The quantitative estimate of drug-likeness (QED) is 0.803. The number of nitrogen functional groups attached to an aromatic ring is 1. The van der Waals surface area contributed by atoms with Crippen LogP contribution in [-0.2, 0) is 0 Å². The Kier molecular flexibility index (Phi) is 3.05. The number of amides is 1. The van der Waals surface area contributed by atoms with E-state index in [1.807, 2.05) is 11.8 Å². The van der Waals surface area contributed by atoms with Crippen LogP contribution in [0.15, 0.2) is 12.3 Å². The van der Waals surface area contributed by atoms with Crippen molar-refractivity contribution < 1.29 is 4.79 Å². The Morgan fingerprint density at radius 1 is 1.41 bits per heavy atom. The molecule has 0 spiro atoms. The zero-order valence-electron chi connectivity index (χ0n) is 10.6. The van der Waals surface area contributed by atoms with Crippen LogP contribution in [0, 0.1) is 18.8 Å². The number of carbonyl (C=O) groups is 1. The minimum atomic E-state index is 0.0542. The van der Waals surface area contributed by atoms with E-state index in [0.29, 0.717) is 23.1 Å². The molecule has 92 valence electrons. The number of likely N-dealkylation sites (tertiary alicyclic amines) is 1. The first kappa shape index (κ1) is 11.9. The van der Waals surface area contributed by atoms with Crippen LogP contribution in [0.5, 0.6) is 0 Å². The lowest BCUT2D eigenvalue weighted by Gasteiger charge is -2.17. The molecule has 1 aromatic rings. The van der Waals surface area contributed by atoms with E-state index in [2.05, 4.69) is 18.8 Å². The summed E-state index contributed by atoms with van der Waals surface area (Å²) in [6.45, 7) is 7.86. The van der Waals surface area contributed by atoms with Crippen LogP contribution in [-0.4, -0.2) is 28.9 Å². The number of hydrogen-bond acceptors (Lipinski definition) is 3. The molecule has 1 amide bonds. The zero-order valence-corrected chi connectivity index (χ0v) is 10.6. The van der Waals surface area contributed by atoms with E-state index in [-0.39, 0.29) is 5.91 Å². The van der Waals surface area contributed by atoms with Gasteiger partial charge in [0.2, 0.25) is 0 Å². The van der Waals surface area contributed by atoms with Gasteiger partial charge in [0.1, 0.15) is 0 Å². The summed E-state index contributed by atoms with van der Waals surface area (Å²) >= 11 is 0. The van der Waals surface area contributed by atoms with Gasteiger partial charge in [0.15, 0.2) is 0 Å².